The Morgan fingerprint density at radius 3 is 2.58 bits per heavy atom. The molecule has 3 aromatic rings. The van der Waals surface area contributed by atoms with Gasteiger partial charge in [0.05, 0.1) is 4.92 Å². The number of non-ortho nitro benzene ring substituents is 1. The van der Waals surface area contributed by atoms with Gasteiger partial charge in [0.15, 0.2) is 0 Å². The molecule has 0 atom stereocenters. The van der Waals surface area contributed by atoms with Crippen molar-refractivity contribution in [1.82, 2.24) is 10.2 Å². The summed E-state index contributed by atoms with van der Waals surface area (Å²) in [4.78, 5) is 22.3. The molecule has 7 nitrogen and oxygen atoms in total. The Morgan fingerprint density at radius 1 is 1.17 bits per heavy atom. The van der Waals surface area contributed by atoms with Gasteiger partial charge in [-0.25, -0.2) is 0 Å². The van der Waals surface area contributed by atoms with Crippen LogP contribution in [0.2, 0.25) is 5.02 Å². The molecule has 0 aliphatic heterocycles. The summed E-state index contributed by atoms with van der Waals surface area (Å²) in [5, 5.41) is 22.5. The van der Waals surface area contributed by atoms with E-state index in [1.807, 2.05) is 0 Å². The van der Waals surface area contributed by atoms with Gasteiger partial charge in [-0.15, -0.1) is 10.2 Å². The Hall–Kier alpha value is -2.84. The number of aromatic nitrogens is 2. The average Bonchev–Trinajstić information content (AvgIpc) is 3.03. The van der Waals surface area contributed by atoms with Crippen LogP contribution >= 0.6 is 22.9 Å². The van der Waals surface area contributed by atoms with E-state index in [-0.39, 0.29) is 11.6 Å². The van der Waals surface area contributed by atoms with E-state index < -0.39 is 4.92 Å². The predicted molar refractivity (Wildman–Crippen MR) is 91.4 cm³/mol. The molecular weight excluding hydrogens is 352 g/mol. The number of rotatable bonds is 4. The zero-order valence-electron chi connectivity index (χ0n) is 12.0. The second-order valence-corrected chi connectivity index (χ2v) is 6.09. The van der Waals surface area contributed by atoms with Gasteiger partial charge in [-0.1, -0.05) is 29.0 Å². The Labute approximate surface area is 145 Å². The number of hydrogen-bond donors (Lipinski definition) is 1. The lowest BCUT2D eigenvalue weighted by molar-refractivity contribution is -0.384. The molecule has 0 spiro atoms. The van der Waals surface area contributed by atoms with Crippen molar-refractivity contribution in [2.45, 2.75) is 0 Å². The van der Waals surface area contributed by atoms with Gasteiger partial charge in [0.1, 0.15) is 5.01 Å². The minimum Gasteiger partial charge on any atom is -0.296 e. The molecule has 0 bridgehead atoms. The number of benzene rings is 2. The maximum atomic E-state index is 12.1. The van der Waals surface area contributed by atoms with Crippen LogP contribution in [0.25, 0.3) is 10.6 Å². The normalized spacial score (nSPS) is 10.4. The van der Waals surface area contributed by atoms with Gasteiger partial charge in [0.25, 0.3) is 11.6 Å². The first kappa shape index (κ1) is 16.0. The molecular formula is C15H9ClN4O3S. The molecule has 1 heterocycles. The van der Waals surface area contributed by atoms with E-state index >= 15 is 0 Å². The topological polar surface area (TPSA) is 98.0 Å². The molecule has 0 fully saturated rings. The van der Waals surface area contributed by atoms with Crippen LogP contribution in [0.5, 0.6) is 0 Å². The number of nitro groups is 1. The van der Waals surface area contributed by atoms with E-state index in [4.69, 9.17) is 11.6 Å². The summed E-state index contributed by atoms with van der Waals surface area (Å²) in [6.07, 6.45) is 0. The van der Waals surface area contributed by atoms with E-state index in [0.717, 1.165) is 0 Å². The maximum absolute atomic E-state index is 12.1. The molecule has 2 aromatic carbocycles. The Bertz CT molecular complexity index is 911. The third-order valence-corrected chi connectivity index (χ3v) is 4.18. The number of halogens is 1. The van der Waals surface area contributed by atoms with E-state index in [9.17, 15) is 14.9 Å². The largest absolute Gasteiger partial charge is 0.296 e. The molecule has 9 heteroatoms. The summed E-state index contributed by atoms with van der Waals surface area (Å²) in [5.41, 5.74) is 1.09. The molecule has 0 unspecified atom stereocenters. The summed E-state index contributed by atoms with van der Waals surface area (Å²) in [5.74, 6) is -0.344. The molecule has 0 saturated carbocycles. The van der Waals surface area contributed by atoms with E-state index in [2.05, 4.69) is 15.5 Å². The number of carbonyl (C=O) groups excluding carboxylic acids is 1. The van der Waals surface area contributed by atoms with Crippen molar-refractivity contribution in [2.24, 2.45) is 0 Å². The molecule has 120 valence electrons. The lowest BCUT2D eigenvalue weighted by atomic mass is 10.2. The molecule has 0 radical (unpaired) electrons. The Balaban J connectivity index is 1.75. The highest BCUT2D eigenvalue weighted by Crippen LogP contribution is 2.28. The average molecular weight is 361 g/mol. The summed E-state index contributed by atoms with van der Waals surface area (Å²) in [7, 11) is 0. The van der Waals surface area contributed by atoms with Gasteiger partial charge in [-0.3, -0.25) is 20.2 Å². The molecule has 0 saturated heterocycles. The fourth-order valence-electron chi connectivity index (χ4n) is 1.92. The summed E-state index contributed by atoms with van der Waals surface area (Å²) in [6, 6.07) is 12.5. The molecule has 1 N–H and O–H groups in total. The lowest BCUT2D eigenvalue weighted by Crippen LogP contribution is -2.11. The molecule has 0 aliphatic carbocycles. The first-order valence-electron chi connectivity index (χ1n) is 6.68. The van der Waals surface area contributed by atoms with Crippen LogP contribution in [0.4, 0.5) is 10.8 Å². The van der Waals surface area contributed by atoms with Gasteiger partial charge < -0.3 is 0 Å². The number of hydrogen-bond acceptors (Lipinski definition) is 6. The highest BCUT2D eigenvalue weighted by molar-refractivity contribution is 7.18. The quantitative estimate of drug-likeness (QED) is 0.559. The van der Waals surface area contributed by atoms with Crippen molar-refractivity contribution < 1.29 is 9.72 Å². The molecule has 3 rings (SSSR count). The minimum absolute atomic E-state index is 0.00209. The van der Waals surface area contributed by atoms with E-state index in [1.54, 1.807) is 36.4 Å². The number of nitro benzene ring substituents is 1. The first-order valence-corrected chi connectivity index (χ1v) is 7.87. The third kappa shape index (κ3) is 3.55. The van der Waals surface area contributed by atoms with Gasteiger partial charge in [0, 0.05) is 28.3 Å². The fraction of sp³-hybridized carbons (Fsp3) is 0. The Morgan fingerprint density at radius 2 is 1.92 bits per heavy atom. The first-order chi connectivity index (χ1) is 11.5. The van der Waals surface area contributed by atoms with Crippen molar-refractivity contribution in [1.29, 1.82) is 0 Å². The fourth-order valence-corrected chi connectivity index (χ4v) is 2.85. The number of amides is 1. The maximum Gasteiger partial charge on any atom is 0.269 e. The van der Waals surface area contributed by atoms with Crippen molar-refractivity contribution in [3.8, 4) is 10.6 Å². The number of nitrogens with zero attached hydrogens (tertiary/aromatic N) is 3. The van der Waals surface area contributed by atoms with Crippen molar-refractivity contribution >= 4 is 39.7 Å². The third-order valence-electron chi connectivity index (χ3n) is 3.06. The Kier molecular flexibility index (Phi) is 4.50. The predicted octanol–water partition coefficient (Wildman–Crippen LogP) is 4.02. The standard InChI is InChI=1S/C15H9ClN4O3S/c16-11-3-1-2-10(8-11)13(21)17-15-19-18-14(24-15)9-4-6-12(7-5-9)20(22)23/h1-8H,(H,17,19,21). The zero-order valence-corrected chi connectivity index (χ0v) is 13.5. The lowest BCUT2D eigenvalue weighted by Gasteiger charge is -2.01. The molecule has 24 heavy (non-hydrogen) atoms. The van der Waals surface area contributed by atoms with Crippen LogP contribution in [-0.4, -0.2) is 21.0 Å². The van der Waals surface area contributed by atoms with Crippen molar-refractivity contribution in [2.75, 3.05) is 5.32 Å². The van der Waals surface area contributed by atoms with E-state index in [0.29, 0.717) is 26.3 Å². The molecule has 0 aliphatic rings. The highest BCUT2D eigenvalue weighted by Gasteiger charge is 2.12. The smallest absolute Gasteiger partial charge is 0.269 e. The van der Waals surface area contributed by atoms with E-state index in [1.165, 1.54) is 23.5 Å². The van der Waals surface area contributed by atoms with Crippen molar-refractivity contribution in [3.63, 3.8) is 0 Å². The molecule has 1 amide bonds. The summed E-state index contributed by atoms with van der Waals surface area (Å²) < 4.78 is 0. The van der Waals surface area contributed by atoms with Gasteiger partial charge in [0.2, 0.25) is 5.13 Å². The van der Waals surface area contributed by atoms with Crippen LogP contribution in [0.3, 0.4) is 0 Å². The monoisotopic (exact) mass is 360 g/mol. The second-order valence-electron chi connectivity index (χ2n) is 4.68. The number of carbonyl (C=O) groups is 1. The second kappa shape index (κ2) is 6.73. The van der Waals surface area contributed by atoms with Crippen molar-refractivity contribution in [3.05, 3.63) is 69.2 Å². The van der Waals surface area contributed by atoms with Crippen LogP contribution in [0, 0.1) is 10.1 Å². The SMILES string of the molecule is O=C(Nc1nnc(-c2ccc([N+](=O)[O-])cc2)s1)c1cccc(Cl)c1. The zero-order chi connectivity index (χ0) is 17.1. The van der Waals surface area contributed by atoms with Gasteiger partial charge >= 0.3 is 0 Å². The van der Waals surface area contributed by atoms with Crippen LogP contribution in [0.15, 0.2) is 48.5 Å². The minimum atomic E-state index is -0.472. The van der Waals surface area contributed by atoms with Gasteiger partial charge in [-0.05, 0) is 30.3 Å². The van der Waals surface area contributed by atoms with Crippen LogP contribution < -0.4 is 5.32 Å². The summed E-state index contributed by atoms with van der Waals surface area (Å²) in [6.45, 7) is 0. The summed E-state index contributed by atoms with van der Waals surface area (Å²) >= 11 is 7.03. The van der Waals surface area contributed by atoms with Crippen LogP contribution in [-0.2, 0) is 0 Å². The van der Waals surface area contributed by atoms with Gasteiger partial charge in [-0.2, -0.15) is 0 Å². The number of anilines is 1. The van der Waals surface area contributed by atoms with Crippen LogP contribution in [0.1, 0.15) is 10.4 Å². The molecule has 1 aromatic heterocycles. The highest BCUT2D eigenvalue weighted by atomic mass is 35.5. The number of nitrogens with one attached hydrogen (secondary N) is 1.